The van der Waals surface area contributed by atoms with Crippen molar-refractivity contribution in [2.75, 3.05) is 25.1 Å². The third-order valence-electron chi connectivity index (χ3n) is 3.21. The van der Waals surface area contributed by atoms with E-state index in [1.165, 1.54) is 4.90 Å². The molecule has 0 saturated carbocycles. The van der Waals surface area contributed by atoms with Crippen LogP contribution in [0.1, 0.15) is 5.56 Å². The number of nitrogens with zero attached hydrogens (tertiary/aromatic N) is 1. The monoisotopic (exact) mass is 294 g/mol. The maximum Gasteiger partial charge on any atom is 0.245 e. The molecule has 1 aromatic carbocycles. The lowest BCUT2D eigenvalue weighted by molar-refractivity contribution is -0.143. The Kier molecular flexibility index (Phi) is 4.89. The predicted molar refractivity (Wildman–Crippen MR) is 77.6 cm³/mol. The van der Waals surface area contributed by atoms with E-state index in [1.807, 2.05) is 30.3 Å². The molecule has 6 heteroatoms. The highest BCUT2D eigenvalue weighted by Gasteiger charge is 2.32. The van der Waals surface area contributed by atoms with Crippen LogP contribution in [0.4, 0.5) is 0 Å². The van der Waals surface area contributed by atoms with Crippen LogP contribution in [0.25, 0.3) is 0 Å². The Morgan fingerprint density at radius 1 is 1.30 bits per heavy atom. The number of hydrogen-bond acceptors (Lipinski definition) is 3. The van der Waals surface area contributed by atoms with Crippen LogP contribution >= 0.6 is 0 Å². The van der Waals surface area contributed by atoms with Gasteiger partial charge in [-0.25, -0.2) is 0 Å². The molecule has 0 bridgehead atoms. The molecule has 20 heavy (non-hydrogen) atoms. The molecule has 2 rings (SSSR count). The van der Waals surface area contributed by atoms with E-state index < -0.39 is 16.8 Å². The molecule has 2 atom stereocenters. The Bertz CT molecular complexity index is 518. The predicted octanol–water partition coefficient (Wildman–Crippen LogP) is -0.0654. The maximum absolute atomic E-state index is 12.3. The second kappa shape index (κ2) is 6.65. The van der Waals surface area contributed by atoms with Crippen molar-refractivity contribution in [3.05, 3.63) is 35.9 Å². The molecule has 1 heterocycles. The van der Waals surface area contributed by atoms with Gasteiger partial charge in [-0.1, -0.05) is 30.3 Å². The molecule has 2 amide bonds. The molecule has 108 valence electrons. The largest absolute Gasteiger partial charge is 0.342 e. The second-order valence-corrected chi connectivity index (χ2v) is 6.40. The van der Waals surface area contributed by atoms with E-state index in [0.29, 0.717) is 18.7 Å². The van der Waals surface area contributed by atoms with Gasteiger partial charge < -0.3 is 10.2 Å². The highest BCUT2D eigenvalue weighted by Crippen LogP contribution is 2.09. The normalized spacial score (nSPS) is 20.6. The smallest absolute Gasteiger partial charge is 0.245 e. The minimum Gasteiger partial charge on any atom is -0.342 e. The number of rotatable bonds is 5. The highest BCUT2D eigenvalue weighted by molar-refractivity contribution is 7.84. The van der Waals surface area contributed by atoms with Crippen LogP contribution in [0.15, 0.2) is 30.3 Å². The summed E-state index contributed by atoms with van der Waals surface area (Å²) in [6, 6.07) is 9.06. The van der Waals surface area contributed by atoms with E-state index >= 15 is 0 Å². The fourth-order valence-electron chi connectivity index (χ4n) is 2.19. The molecule has 1 saturated heterocycles. The average molecular weight is 294 g/mol. The fraction of sp³-hybridized carbons (Fsp3) is 0.429. The number of benzene rings is 1. The molecule has 1 N–H and O–H groups in total. The van der Waals surface area contributed by atoms with Gasteiger partial charge in [0.25, 0.3) is 0 Å². The number of hydrogen-bond donors (Lipinski definition) is 1. The standard InChI is InChI=1S/C14H18N2O3S/c1-20(19)8-7-16-10-13(17)15-12(14(16)18)9-11-5-3-2-4-6-11/h2-6,12H,7-10H2,1H3,(H,15,17). The Labute approximate surface area is 120 Å². The summed E-state index contributed by atoms with van der Waals surface area (Å²) in [5.74, 6) is 0.142. The lowest BCUT2D eigenvalue weighted by Gasteiger charge is -2.32. The summed E-state index contributed by atoms with van der Waals surface area (Å²) < 4.78 is 11.1. The van der Waals surface area contributed by atoms with Crippen molar-refractivity contribution in [2.45, 2.75) is 12.5 Å². The van der Waals surface area contributed by atoms with E-state index in [-0.39, 0.29) is 18.4 Å². The topological polar surface area (TPSA) is 66.5 Å². The summed E-state index contributed by atoms with van der Waals surface area (Å²) in [7, 11) is -0.968. The van der Waals surface area contributed by atoms with E-state index in [1.54, 1.807) is 6.26 Å². The quantitative estimate of drug-likeness (QED) is 0.827. The molecule has 0 spiro atoms. The Balaban J connectivity index is 2.03. The lowest BCUT2D eigenvalue weighted by Crippen LogP contribution is -2.59. The number of piperazine rings is 1. The zero-order valence-electron chi connectivity index (χ0n) is 11.4. The van der Waals surface area contributed by atoms with Crippen molar-refractivity contribution in [1.29, 1.82) is 0 Å². The van der Waals surface area contributed by atoms with E-state index in [2.05, 4.69) is 5.32 Å². The Morgan fingerprint density at radius 2 is 2.00 bits per heavy atom. The second-order valence-electron chi connectivity index (χ2n) is 4.85. The molecule has 1 aliphatic heterocycles. The first kappa shape index (κ1) is 14.7. The maximum atomic E-state index is 12.3. The molecule has 0 aliphatic carbocycles. The minimum atomic E-state index is -0.968. The number of amides is 2. The zero-order valence-corrected chi connectivity index (χ0v) is 12.2. The van der Waals surface area contributed by atoms with Crippen LogP contribution in [-0.4, -0.2) is 52.1 Å². The van der Waals surface area contributed by atoms with Crippen molar-refractivity contribution >= 4 is 22.6 Å². The van der Waals surface area contributed by atoms with Crippen molar-refractivity contribution in [1.82, 2.24) is 10.2 Å². The van der Waals surface area contributed by atoms with Crippen LogP contribution in [0.3, 0.4) is 0 Å². The van der Waals surface area contributed by atoms with Crippen molar-refractivity contribution in [3.63, 3.8) is 0 Å². The van der Waals surface area contributed by atoms with Gasteiger partial charge in [0.05, 0.1) is 6.54 Å². The highest BCUT2D eigenvalue weighted by atomic mass is 32.2. The molecule has 1 aromatic rings. The van der Waals surface area contributed by atoms with Gasteiger partial charge in [-0.2, -0.15) is 0 Å². The van der Waals surface area contributed by atoms with Gasteiger partial charge in [-0.05, 0) is 5.56 Å². The summed E-state index contributed by atoms with van der Waals surface area (Å²) in [5.41, 5.74) is 1.01. The summed E-state index contributed by atoms with van der Waals surface area (Å²) in [5, 5.41) is 2.73. The first-order valence-corrected chi connectivity index (χ1v) is 8.21. The molecule has 2 unspecified atom stereocenters. The third-order valence-corrected chi connectivity index (χ3v) is 3.97. The fourth-order valence-corrected chi connectivity index (χ4v) is 2.67. The van der Waals surface area contributed by atoms with Crippen LogP contribution < -0.4 is 5.32 Å². The van der Waals surface area contributed by atoms with Crippen LogP contribution in [-0.2, 0) is 26.8 Å². The van der Waals surface area contributed by atoms with Gasteiger partial charge >= 0.3 is 0 Å². The number of nitrogens with one attached hydrogen (secondary N) is 1. The lowest BCUT2D eigenvalue weighted by atomic mass is 10.0. The molecule has 0 radical (unpaired) electrons. The van der Waals surface area contributed by atoms with Crippen molar-refractivity contribution < 1.29 is 13.8 Å². The van der Waals surface area contributed by atoms with Gasteiger partial charge in [0.15, 0.2) is 0 Å². The summed E-state index contributed by atoms with van der Waals surface area (Å²) in [6.07, 6.45) is 2.08. The Hall–Kier alpha value is -1.69. The summed E-state index contributed by atoms with van der Waals surface area (Å²) in [6.45, 7) is 0.419. The van der Waals surface area contributed by atoms with E-state index in [9.17, 15) is 13.8 Å². The van der Waals surface area contributed by atoms with Gasteiger partial charge in [0.1, 0.15) is 6.04 Å². The van der Waals surface area contributed by atoms with Crippen LogP contribution in [0.2, 0.25) is 0 Å². The SMILES string of the molecule is CS(=O)CCN1CC(=O)NC(Cc2ccccc2)C1=O. The molecule has 1 aliphatic rings. The van der Waals surface area contributed by atoms with Gasteiger partial charge in [-0.15, -0.1) is 0 Å². The van der Waals surface area contributed by atoms with Crippen LogP contribution in [0, 0.1) is 0 Å². The first-order valence-electron chi connectivity index (χ1n) is 6.48. The first-order chi connectivity index (χ1) is 9.56. The van der Waals surface area contributed by atoms with Gasteiger partial charge in [0.2, 0.25) is 11.8 Å². The van der Waals surface area contributed by atoms with Gasteiger partial charge in [-0.3, -0.25) is 13.8 Å². The Morgan fingerprint density at radius 3 is 2.65 bits per heavy atom. The third kappa shape index (κ3) is 3.90. The van der Waals surface area contributed by atoms with Crippen molar-refractivity contribution in [3.8, 4) is 0 Å². The average Bonchev–Trinajstić information content (AvgIpc) is 2.42. The molecular weight excluding hydrogens is 276 g/mol. The van der Waals surface area contributed by atoms with E-state index in [4.69, 9.17) is 0 Å². The molecular formula is C14H18N2O3S. The van der Waals surface area contributed by atoms with Crippen molar-refractivity contribution in [2.24, 2.45) is 0 Å². The number of carbonyl (C=O) groups excluding carboxylic acids is 2. The van der Waals surface area contributed by atoms with Gasteiger partial charge in [0, 0.05) is 35.8 Å². The zero-order chi connectivity index (χ0) is 14.5. The minimum absolute atomic E-state index is 0.0569. The number of carbonyl (C=O) groups is 2. The summed E-state index contributed by atoms with van der Waals surface area (Å²) in [4.78, 5) is 25.5. The summed E-state index contributed by atoms with van der Waals surface area (Å²) >= 11 is 0. The van der Waals surface area contributed by atoms with Crippen LogP contribution in [0.5, 0.6) is 0 Å². The van der Waals surface area contributed by atoms with E-state index in [0.717, 1.165) is 5.56 Å². The molecule has 1 fully saturated rings. The molecule has 0 aromatic heterocycles. The molecule has 5 nitrogen and oxygen atoms in total.